The average Bonchev–Trinajstić information content (AvgIpc) is 3.23. The number of carbonyl (C=O) groups is 1. The lowest BCUT2D eigenvalue weighted by atomic mass is 10.1. The number of halogens is 1. The van der Waals surface area contributed by atoms with Gasteiger partial charge in [0.2, 0.25) is 5.89 Å². The van der Waals surface area contributed by atoms with E-state index in [1.807, 2.05) is 31.2 Å². The Labute approximate surface area is 216 Å². The number of hydrogen-bond donors (Lipinski definition) is 3. The molecule has 4 rings (SSSR count). The summed E-state index contributed by atoms with van der Waals surface area (Å²) < 4.78 is 12.0. The topological polar surface area (TPSA) is 96.6 Å². The molecule has 0 saturated heterocycles. The summed E-state index contributed by atoms with van der Waals surface area (Å²) in [6.45, 7) is 5.69. The molecule has 7 nitrogen and oxygen atoms in total. The van der Waals surface area contributed by atoms with Crippen LogP contribution in [-0.4, -0.2) is 28.2 Å². The highest BCUT2D eigenvalue weighted by Crippen LogP contribution is 2.36. The van der Waals surface area contributed by atoms with Crippen molar-refractivity contribution in [3.05, 3.63) is 69.2 Å². The number of ether oxygens (including phenoxy) is 1. The molecule has 0 spiro atoms. The number of aromatic nitrogens is 1. The Bertz CT molecular complexity index is 1470. The summed E-state index contributed by atoms with van der Waals surface area (Å²) in [5, 5.41) is 16.5. The van der Waals surface area contributed by atoms with Crippen LogP contribution in [0.4, 0.5) is 5.69 Å². The molecule has 1 aromatic heterocycles. The standard InChI is InChI=1S/C26H24BrN3O4S/c1-5-15-6-7-21-20(10-15)29-25(34-21)18-12-17(9-13(2)22(18)31)28-26(35)30-24(32)19-11-16(27)8-14(3)23(19)33-4/h6-12,31H,5H2,1-4H3,(H2,28,30,32,35). The highest BCUT2D eigenvalue weighted by Gasteiger charge is 2.19. The number of benzene rings is 3. The molecule has 9 heteroatoms. The summed E-state index contributed by atoms with van der Waals surface area (Å²) in [6, 6.07) is 12.8. The van der Waals surface area contributed by atoms with E-state index < -0.39 is 5.91 Å². The molecule has 0 fully saturated rings. The number of anilines is 1. The van der Waals surface area contributed by atoms with Crippen LogP contribution < -0.4 is 15.4 Å². The Hall–Kier alpha value is -3.43. The molecule has 4 aromatic rings. The van der Waals surface area contributed by atoms with Crippen LogP contribution in [0.5, 0.6) is 11.5 Å². The second-order valence-corrected chi connectivity index (χ2v) is 9.40. The highest BCUT2D eigenvalue weighted by atomic mass is 79.9. The number of aromatic hydroxyl groups is 1. The first-order chi connectivity index (χ1) is 16.7. The molecule has 3 N–H and O–H groups in total. The normalized spacial score (nSPS) is 10.9. The second kappa shape index (κ2) is 10.1. The fraction of sp³-hybridized carbons (Fsp3) is 0.192. The zero-order valence-corrected chi connectivity index (χ0v) is 22.1. The number of phenolic OH excluding ortho intramolecular Hbond substituents is 1. The second-order valence-electron chi connectivity index (χ2n) is 8.08. The van der Waals surface area contributed by atoms with Crippen molar-refractivity contribution in [2.24, 2.45) is 0 Å². The minimum atomic E-state index is -0.412. The lowest BCUT2D eigenvalue weighted by molar-refractivity contribution is 0.0974. The number of thiocarbonyl (C=S) groups is 1. The number of carbonyl (C=O) groups excluding carboxylic acids is 1. The fourth-order valence-corrected chi connectivity index (χ4v) is 4.61. The van der Waals surface area contributed by atoms with Crippen LogP contribution in [0.2, 0.25) is 0 Å². The van der Waals surface area contributed by atoms with E-state index in [0.29, 0.717) is 39.6 Å². The van der Waals surface area contributed by atoms with Gasteiger partial charge in [0.15, 0.2) is 10.7 Å². The summed E-state index contributed by atoms with van der Waals surface area (Å²) in [5.74, 6) is 0.410. The Morgan fingerprint density at radius 1 is 1.17 bits per heavy atom. The molecule has 0 bridgehead atoms. The predicted molar refractivity (Wildman–Crippen MR) is 144 cm³/mol. The minimum absolute atomic E-state index is 0.0575. The number of phenols is 1. The maximum atomic E-state index is 12.9. The number of hydrogen-bond acceptors (Lipinski definition) is 6. The molecular formula is C26H24BrN3O4S. The number of methoxy groups -OCH3 is 1. The molecule has 3 aromatic carbocycles. The first-order valence-electron chi connectivity index (χ1n) is 10.9. The van der Waals surface area contributed by atoms with E-state index in [0.717, 1.165) is 27.5 Å². The molecule has 1 amide bonds. The number of oxazole rings is 1. The summed E-state index contributed by atoms with van der Waals surface area (Å²) in [6.07, 6.45) is 0.885. The summed E-state index contributed by atoms with van der Waals surface area (Å²) >= 11 is 8.78. The van der Waals surface area contributed by atoms with E-state index in [1.54, 1.807) is 25.1 Å². The average molecular weight is 554 g/mol. The molecule has 0 saturated carbocycles. The van der Waals surface area contributed by atoms with E-state index in [1.165, 1.54) is 7.11 Å². The van der Waals surface area contributed by atoms with Gasteiger partial charge in [-0.3, -0.25) is 10.1 Å². The number of nitrogens with one attached hydrogen (secondary N) is 2. The van der Waals surface area contributed by atoms with Crippen molar-refractivity contribution in [3.8, 4) is 23.0 Å². The minimum Gasteiger partial charge on any atom is -0.507 e. The Kier molecular flexibility index (Phi) is 7.09. The van der Waals surface area contributed by atoms with Crippen LogP contribution in [0.1, 0.15) is 34.0 Å². The van der Waals surface area contributed by atoms with Gasteiger partial charge in [0.25, 0.3) is 5.91 Å². The molecule has 35 heavy (non-hydrogen) atoms. The Morgan fingerprint density at radius 2 is 1.94 bits per heavy atom. The molecule has 0 aliphatic heterocycles. The van der Waals surface area contributed by atoms with Crippen LogP contribution in [0, 0.1) is 13.8 Å². The van der Waals surface area contributed by atoms with Crippen molar-refractivity contribution in [2.75, 3.05) is 12.4 Å². The zero-order valence-electron chi connectivity index (χ0n) is 19.7. The molecule has 0 aliphatic carbocycles. The number of nitrogens with zero attached hydrogens (tertiary/aromatic N) is 1. The molecule has 0 atom stereocenters. The Balaban J connectivity index is 1.59. The van der Waals surface area contributed by atoms with Crippen molar-refractivity contribution in [3.63, 3.8) is 0 Å². The first kappa shape index (κ1) is 24.7. The smallest absolute Gasteiger partial charge is 0.261 e. The van der Waals surface area contributed by atoms with Crippen molar-refractivity contribution in [1.29, 1.82) is 0 Å². The largest absolute Gasteiger partial charge is 0.507 e. The van der Waals surface area contributed by atoms with Crippen LogP contribution in [0.15, 0.2) is 51.4 Å². The number of aryl methyl sites for hydroxylation is 3. The van der Waals surface area contributed by atoms with E-state index in [-0.39, 0.29) is 10.9 Å². The summed E-state index contributed by atoms with van der Waals surface area (Å²) in [7, 11) is 1.51. The van der Waals surface area contributed by atoms with Gasteiger partial charge in [-0.1, -0.05) is 28.9 Å². The zero-order chi connectivity index (χ0) is 25.3. The quantitative estimate of drug-likeness (QED) is 0.198. The molecule has 0 unspecified atom stereocenters. The van der Waals surface area contributed by atoms with Gasteiger partial charge in [-0.05, 0) is 85.6 Å². The maximum Gasteiger partial charge on any atom is 0.261 e. The SMILES string of the molecule is CCc1ccc2oc(-c3cc(NC(=S)NC(=O)c4cc(Br)cc(C)c4OC)cc(C)c3O)nc2c1. The van der Waals surface area contributed by atoms with Gasteiger partial charge in [0.05, 0.1) is 18.2 Å². The van der Waals surface area contributed by atoms with Crippen molar-refractivity contribution >= 4 is 56.0 Å². The summed E-state index contributed by atoms with van der Waals surface area (Å²) in [5.41, 5.74) is 5.24. The molecular weight excluding hydrogens is 530 g/mol. The van der Waals surface area contributed by atoms with Gasteiger partial charge in [-0.25, -0.2) is 4.98 Å². The molecule has 1 heterocycles. The van der Waals surface area contributed by atoms with Crippen molar-refractivity contribution in [1.82, 2.24) is 10.3 Å². The monoisotopic (exact) mass is 553 g/mol. The van der Waals surface area contributed by atoms with Gasteiger partial charge in [0, 0.05) is 10.2 Å². The summed E-state index contributed by atoms with van der Waals surface area (Å²) in [4.78, 5) is 17.4. The van der Waals surface area contributed by atoms with Gasteiger partial charge >= 0.3 is 0 Å². The lowest BCUT2D eigenvalue weighted by Crippen LogP contribution is -2.34. The van der Waals surface area contributed by atoms with Crippen LogP contribution >= 0.6 is 28.1 Å². The van der Waals surface area contributed by atoms with E-state index in [2.05, 4.69) is 38.5 Å². The van der Waals surface area contributed by atoms with E-state index in [4.69, 9.17) is 21.4 Å². The third-order valence-electron chi connectivity index (χ3n) is 5.56. The van der Waals surface area contributed by atoms with Gasteiger partial charge in [-0.2, -0.15) is 0 Å². The van der Waals surface area contributed by atoms with Crippen molar-refractivity contribution in [2.45, 2.75) is 27.2 Å². The third-order valence-corrected chi connectivity index (χ3v) is 6.23. The van der Waals surface area contributed by atoms with Gasteiger partial charge in [0.1, 0.15) is 17.0 Å². The fourth-order valence-electron chi connectivity index (χ4n) is 3.83. The van der Waals surface area contributed by atoms with Gasteiger partial charge < -0.3 is 19.6 Å². The lowest BCUT2D eigenvalue weighted by Gasteiger charge is -2.15. The van der Waals surface area contributed by atoms with Crippen molar-refractivity contribution < 1.29 is 19.1 Å². The van der Waals surface area contributed by atoms with Gasteiger partial charge in [-0.15, -0.1) is 0 Å². The number of fused-ring (bicyclic) bond motifs is 1. The highest BCUT2D eigenvalue weighted by molar-refractivity contribution is 9.10. The van der Waals surface area contributed by atoms with E-state index >= 15 is 0 Å². The molecule has 180 valence electrons. The van der Waals surface area contributed by atoms with Crippen LogP contribution in [0.25, 0.3) is 22.6 Å². The predicted octanol–water partition coefficient (Wildman–Crippen LogP) is 6.28. The number of rotatable bonds is 5. The van der Waals surface area contributed by atoms with E-state index in [9.17, 15) is 9.90 Å². The molecule has 0 radical (unpaired) electrons. The molecule has 0 aliphatic rings. The maximum absolute atomic E-state index is 12.9. The van der Waals surface area contributed by atoms with Crippen LogP contribution in [0.3, 0.4) is 0 Å². The first-order valence-corrected chi connectivity index (χ1v) is 12.1. The Morgan fingerprint density at radius 3 is 2.66 bits per heavy atom. The number of amides is 1. The third kappa shape index (κ3) is 5.16. The van der Waals surface area contributed by atoms with Crippen LogP contribution in [-0.2, 0) is 6.42 Å².